The number of carbonyl (C=O) groups is 3. The largest absolute Gasteiger partial charge is 0.366 e. The van der Waals surface area contributed by atoms with Gasteiger partial charge in [0, 0.05) is 12.8 Å². The molecule has 2 aliphatic rings. The number of ether oxygens (including phenoxy) is 1. The second kappa shape index (κ2) is 7.19. The molecule has 6 nitrogen and oxygen atoms in total. The fourth-order valence-corrected chi connectivity index (χ4v) is 2.26. The third kappa shape index (κ3) is 4.16. The molecule has 1 atom stereocenters. The first-order chi connectivity index (χ1) is 9.66. The molecule has 110 valence electrons. The summed E-state index contributed by atoms with van der Waals surface area (Å²) in [5, 5.41) is 0.548. The monoisotopic (exact) mass is 281 g/mol. The summed E-state index contributed by atoms with van der Waals surface area (Å²) >= 11 is 0. The van der Waals surface area contributed by atoms with Gasteiger partial charge in [0.15, 0.2) is 0 Å². The van der Waals surface area contributed by atoms with Crippen molar-refractivity contribution in [2.75, 3.05) is 6.61 Å². The third-order valence-corrected chi connectivity index (χ3v) is 3.35. The third-order valence-electron chi connectivity index (χ3n) is 3.35. The van der Waals surface area contributed by atoms with Crippen LogP contribution in [0.3, 0.4) is 0 Å². The molecule has 0 radical (unpaired) electrons. The minimum absolute atomic E-state index is 0.0254. The van der Waals surface area contributed by atoms with Crippen molar-refractivity contribution in [3.63, 3.8) is 0 Å². The van der Waals surface area contributed by atoms with E-state index in [-0.39, 0.29) is 25.6 Å². The van der Waals surface area contributed by atoms with Crippen LogP contribution in [0, 0.1) is 0 Å². The number of hydrogen-bond acceptors (Lipinski definition) is 5. The lowest BCUT2D eigenvalue weighted by Gasteiger charge is -2.18. The molecule has 1 saturated heterocycles. The number of nitrogens with zero attached hydrogens (tertiary/aromatic N) is 1. The van der Waals surface area contributed by atoms with Gasteiger partial charge in [-0.25, -0.2) is 4.79 Å². The highest BCUT2D eigenvalue weighted by atomic mass is 16.7. The molecule has 6 heteroatoms. The average Bonchev–Trinajstić information content (AvgIpc) is 2.69. The van der Waals surface area contributed by atoms with Crippen molar-refractivity contribution in [3.8, 4) is 0 Å². The van der Waals surface area contributed by atoms with Crippen molar-refractivity contribution >= 4 is 17.8 Å². The van der Waals surface area contributed by atoms with Crippen LogP contribution in [0.15, 0.2) is 12.2 Å². The molecule has 0 aromatic carbocycles. The number of carbonyl (C=O) groups excluding carboxylic acids is 3. The Hall–Kier alpha value is -1.69. The van der Waals surface area contributed by atoms with E-state index in [0.717, 1.165) is 32.1 Å². The molecule has 0 aromatic heterocycles. The molecule has 1 heterocycles. The number of rotatable bonds is 4. The fourth-order valence-electron chi connectivity index (χ4n) is 2.26. The maximum Gasteiger partial charge on any atom is 0.358 e. The Balaban J connectivity index is 1.73. The van der Waals surface area contributed by atoms with E-state index in [1.165, 1.54) is 0 Å². The predicted molar refractivity (Wildman–Crippen MR) is 69.1 cm³/mol. The zero-order valence-corrected chi connectivity index (χ0v) is 11.4. The van der Waals surface area contributed by atoms with Gasteiger partial charge < -0.3 is 9.57 Å². The quantitative estimate of drug-likeness (QED) is 0.576. The Kier molecular flexibility index (Phi) is 5.29. The van der Waals surface area contributed by atoms with Crippen LogP contribution < -0.4 is 0 Å². The van der Waals surface area contributed by atoms with E-state index < -0.39 is 17.8 Å². The predicted octanol–water partition coefficient (Wildman–Crippen LogP) is 1.50. The van der Waals surface area contributed by atoms with Crippen LogP contribution in [0.25, 0.3) is 0 Å². The van der Waals surface area contributed by atoms with Gasteiger partial charge in [-0.05, 0) is 32.1 Å². The van der Waals surface area contributed by atoms with E-state index in [1.54, 1.807) is 0 Å². The van der Waals surface area contributed by atoms with Crippen LogP contribution in [0.5, 0.6) is 0 Å². The van der Waals surface area contributed by atoms with Crippen molar-refractivity contribution in [1.82, 2.24) is 5.06 Å². The molecule has 20 heavy (non-hydrogen) atoms. The van der Waals surface area contributed by atoms with Gasteiger partial charge in [-0.3, -0.25) is 9.59 Å². The fraction of sp³-hybridized carbons (Fsp3) is 0.643. The van der Waals surface area contributed by atoms with E-state index in [0.29, 0.717) is 5.06 Å². The van der Waals surface area contributed by atoms with Gasteiger partial charge in [-0.1, -0.05) is 12.2 Å². The van der Waals surface area contributed by atoms with Gasteiger partial charge >= 0.3 is 5.97 Å². The summed E-state index contributed by atoms with van der Waals surface area (Å²) in [7, 11) is 0. The lowest BCUT2D eigenvalue weighted by atomic mass is 10.0. The molecular weight excluding hydrogens is 262 g/mol. The SMILES string of the molecule is O=C(COC1CCC=CCCC1)ON1C(=O)CCC1=O. The van der Waals surface area contributed by atoms with Gasteiger partial charge in [0.1, 0.15) is 6.61 Å². The van der Waals surface area contributed by atoms with Crippen LogP contribution in [0.4, 0.5) is 0 Å². The molecule has 1 aliphatic carbocycles. The first kappa shape index (κ1) is 14.7. The summed E-state index contributed by atoms with van der Waals surface area (Å²) in [4.78, 5) is 38.9. The Bertz CT molecular complexity index is 402. The van der Waals surface area contributed by atoms with Crippen molar-refractivity contribution in [1.29, 1.82) is 0 Å². The summed E-state index contributed by atoms with van der Waals surface area (Å²) in [5.74, 6) is -1.65. The lowest BCUT2D eigenvalue weighted by Crippen LogP contribution is -2.34. The van der Waals surface area contributed by atoms with Crippen molar-refractivity contribution < 1.29 is 24.0 Å². The Morgan fingerprint density at radius 3 is 2.60 bits per heavy atom. The second-order valence-electron chi connectivity index (χ2n) is 4.96. The molecule has 0 bridgehead atoms. The van der Waals surface area contributed by atoms with Crippen LogP contribution in [0.2, 0.25) is 0 Å². The van der Waals surface area contributed by atoms with Crippen LogP contribution >= 0.6 is 0 Å². The smallest absolute Gasteiger partial charge is 0.358 e. The Labute approximate surface area is 117 Å². The molecule has 2 amide bonds. The van der Waals surface area contributed by atoms with Crippen molar-refractivity contribution in [2.45, 2.75) is 51.0 Å². The first-order valence-corrected chi connectivity index (χ1v) is 7.00. The summed E-state index contributed by atoms with van der Waals surface area (Å²) < 4.78 is 5.50. The highest BCUT2D eigenvalue weighted by Gasteiger charge is 2.32. The van der Waals surface area contributed by atoms with E-state index in [2.05, 4.69) is 12.2 Å². The van der Waals surface area contributed by atoms with Crippen LogP contribution in [-0.2, 0) is 24.0 Å². The van der Waals surface area contributed by atoms with E-state index >= 15 is 0 Å². The number of hydroxylamine groups is 2. The highest BCUT2D eigenvalue weighted by molar-refractivity contribution is 6.01. The average molecular weight is 281 g/mol. The summed E-state index contributed by atoms with van der Waals surface area (Å²) in [6.07, 6.45) is 9.26. The Morgan fingerprint density at radius 1 is 1.15 bits per heavy atom. The number of imide groups is 1. The minimum atomic E-state index is -0.703. The van der Waals surface area contributed by atoms with E-state index in [1.807, 2.05) is 0 Å². The minimum Gasteiger partial charge on any atom is -0.366 e. The molecular formula is C14H19NO5. The summed E-state index contributed by atoms with van der Waals surface area (Å²) in [5.41, 5.74) is 0. The highest BCUT2D eigenvalue weighted by Crippen LogP contribution is 2.16. The molecule has 0 aromatic rings. The first-order valence-electron chi connectivity index (χ1n) is 7.00. The lowest BCUT2D eigenvalue weighted by molar-refractivity contribution is -0.201. The van der Waals surface area contributed by atoms with Gasteiger partial charge in [-0.2, -0.15) is 0 Å². The van der Waals surface area contributed by atoms with Crippen LogP contribution in [-0.4, -0.2) is 35.6 Å². The summed E-state index contributed by atoms with van der Waals surface area (Å²) in [6.45, 7) is -0.231. The van der Waals surface area contributed by atoms with Crippen molar-refractivity contribution in [3.05, 3.63) is 12.2 Å². The number of allylic oxidation sites excluding steroid dienone is 2. The molecule has 0 saturated carbocycles. The zero-order valence-electron chi connectivity index (χ0n) is 11.4. The molecule has 0 spiro atoms. The standard InChI is InChI=1S/C14H19NO5/c16-12-8-9-13(17)15(12)20-14(18)10-19-11-6-4-2-1-3-5-7-11/h1-2,11H,3-10H2. The number of hydrogen-bond donors (Lipinski definition) is 0. The number of amides is 2. The molecule has 2 rings (SSSR count). The van der Waals surface area contributed by atoms with Gasteiger partial charge in [0.05, 0.1) is 6.10 Å². The molecule has 0 N–H and O–H groups in total. The van der Waals surface area contributed by atoms with Gasteiger partial charge in [-0.15, -0.1) is 5.06 Å². The van der Waals surface area contributed by atoms with Crippen molar-refractivity contribution in [2.24, 2.45) is 0 Å². The molecule has 1 fully saturated rings. The van der Waals surface area contributed by atoms with Gasteiger partial charge in [0.2, 0.25) is 0 Å². The summed E-state index contributed by atoms with van der Waals surface area (Å²) in [6, 6.07) is 0. The van der Waals surface area contributed by atoms with Crippen LogP contribution in [0.1, 0.15) is 44.9 Å². The van der Waals surface area contributed by atoms with Gasteiger partial charge in [0.25, 0.3) is 11.8 Å². The second-order valence-corrected chi connectivity index (χ2v) is 4.96. The zero-order chi connectivity index (χ0) is 14.4. The maximum atomic E-state index is 11.6. The normalized spacial score (nSPS) is 23.6. The maximum absolute atomic E-state index is 11.6. The molecule has 1 aliphatic heterocycles. The Morgan fingerprint density at radius 2 is 1.85 bits per heavy atom. The topological polar surface area (TPSA) is 72.9 Å². The molecule has 1 unspecified atom stereocenters. The van der Waals surface area contributed by atoms with E-state index in [9.17, 15) is 14.4 Å². The van der Waals surface area contributed by atoms with E-state index in [4.69, 9.17) is 9.57 Å².